The average Bonchev–Trinajstić information content (AvgIpc) is 3.80. The van der Waals surface area contributed by atoms with Crippen LogP contribution in [0, 0.1) is 0 Å². The van der Waals surface area contributed by atoms with Crippen LogP contribution in [-0.2, 0) is 13.2 Å². The molecule has 2 aliphatic rings. The standard InChI is InChI=1S/C26H27N3O4S/c1-32-24-12-19(6-11-23(24)33-14-21-15-34-16-27-21)26(31)29(22-9-10-22)13-17-2-4-18(5-3-17)25(30)28-20-7-8-20/h2-6,11-12,15-16,20,22H,7-10,13-14H2,1H3,(H,28,30). The van der Waals surface area contributed by atoms with Crippen molar-refractivity contribution in [2.75, 3.05) is 7.11 Å². The van der Waals surface area contributed by atoms with Gasteiger partial charge in [0.05, 0.1) is 18.3 Å². The molecule has 0 aliphatic heterocycles. The largest absolute Gasteiger partial charge is 0.493 e. The van der Waals surface area contributed by atoms with Gasteiger partial charge in [0.1, 0.15) is 6.61 Å². The number of rotatable bonds is 10. The predicted molar refractivity (Wildman–Crippen MR) is 129 cm³/mol. The summed E-state index contributed by atoms with van der Waals surface area (Å²) >= 11 is 1.52. The minimum atomic E-state index is -0.0394. The van der Waals surface area contributed by atoms with E-state index in [1.165, 1.54) is 11.3 Å². The summed E-state index contributed by atoms with van der Waals surface area (Å²) in [5, 5.41) is 4.94. The zero-order chi connectivity index (χ0) is 23.5. The fourth-order valence-electron chi connectivity index (χ4n) is 3.75. The number of ether oxygens (including phenoxy) is 2. The van der Waals surface area contributed by atoms with Crippen LogP contribution < -0.4 is 14.8 Å². The van der Waals surface area contributed by atoms with Crippen molar-refractivity contribution in [1.29, 1.82) is 0 Å². The zero-order valence-electron chi connectivity index (χ0n) is 19.0. The minimum Gasteiger partial charge on any atom is -0.493 e. The Kier molecular flexibility index (Phi) is 6.49. The number of nitrogens with one attached hydrogen (secondary N) is 1. The van der Waals surface area contributed by atoms with Gasteiger partial charge in [0.15, 0.2) is 11.5 Å². The van der Waals surface area contributed by atoms with E-state index in [4.69, 9.17) is 9.47 Å². The van der Waals surface area contributed by atoms with Crippen molar-refractivity contribution in [2.45, 2.75) is 50.9 Å². The highest BCUT2D eigenvalue weighted by Gasteiger charge is 2.33. The van der Waals surface area contributed by atoms with E-state index in [0.29, 0.717) is 41.8 Å². The Labute approximate surface area is 202 Å². The summed E-state index contributed by atoms with van der Waals surface area (Å²) in [6.45, 7) is 0.842. The number of nitrogens with zero attached hydrogens (tertiary/aromatic N) is 2. The molecule has 7 nitrogen and oxygen atoms in total. The number of methoxy groups -OCH3 is 1. The Morgan fingerprint density at radius 3 is 2.47 bits per heavy atom. The normalized spacial score (nSPS) is 15.0. The highest BCUT2D eigenvalue weighted by atomic mass is 32.1. The second kappa shape index (κ2) is 9.85. The first-order chi connectivity index (χ1) is 16.6. The maximum Gasteiger partial charge on any atom is 0.254 e. The maximum atomic E-state index is 13.4. The lowest BCUT2D eigenvalue weighted by atomic mass is 10.1. The SMILES string of the molecule is COc1cc(C(=O)N(Cc2ccc(C(=O)NC3CC3)cc2)C2CC2)ccc1OCc1cscn1. The number of hydrogen-bond donors (Lipinski definition) is 1. The lowest BCUT2D eigenvalue weighted by molar-refractivity contribution is 0.0729. The van der Waals surface area contributed by atoms with Gasteiger partial charge in [-0.2, -0.15) is 0 Å². The van der Waals surface area contributed by atoms with Crippen LogP contribution in [0.2, 0.25) is 0 Å². The molecule has 2 amide bonds. The van der Waals surface area contributed by atoms with E-state index in [1.54, 1.807) is 30.8 Å². The van der Waals surface area contributed by atoms with Crippen LogP contribution in [0.1, 0.15) is 57.7 Å². The molecule has 0 unspecified atom stereocenters. The molecule has 0 bridgehead atoms. The molecular formula is C26H27N3O4S. The summed E-state index contributed by atoms with van der Waals surface area (Å²) in [6, 6.07) is 13.4. The van der Waals surface area contributed by atoms with Gasteiger partial charge in [-0.05, 0) is 61.6 Å². The molecule has 34 heavy (non-hydrogen) atoms. The van der Waals surface area contributed by atoms with Crippen LogP contribution in [0.4, 0.5) is 0 Å². The van der Waals surface area contributed by atoms with Crippen LogP contribution in [0.5, 0.6) is 11.5 Å². The van der Waals surface area contributed by atoms with Crippen molar-refractivity contribution in [3.05, 3.63) is 75.7 Å². The van der Waals surface area contributed by atoms with Crippen molar-refractivity contribution in [2.24, 2.45) is 0 Å². The first kappa shape index (κ1) is 22.4. The number of hydrogen-bond acceptors (Lipinski definition) is 6. The Balaban J connectivity index is 1.27. The minimum absolute atomic E-state index is 0.0339. The molecule has 8 heteroatoms. The van der Waals surface area contributed by atoms with Crippen molar-refractivity contribution in [3.8, 4) is 11.5 Å². The third kappa shape index (κ3) is 5.39. The number of amides is 2. The molecule has 176 valence electrons. The Hall–Kier alpha value is -3.39. The molecule has 3 aromatic rings. The number of aromatic nitrogens is 1. The van der Waals surface area contributed by atoms with Gasteiger partial charge in [-0.25, -0.2) is 4.98 Å². The maximum absolute atomic E-state index is 13.4. The smallest absolute Gasteiger partial charge is 0.254 e. The molecule has 0 radical (unpaired) electrons. The lowest BCUT2D eigenvalue weighted by Crippen LogP contribution is -2.32. The molecule has 5 rings (SSSR count). The van der Waals surface area contributed by atoms with E-state index in [2.05, 4.69) is 10.3 Å². The van der Waals surface area contributed by atoms with Crippen LogP contribution in [0.15, 0.2) is 53.4 Å². The average molecular weight is 478 g/mol. The van der Waals surface area contributed by atoms with E-state index in [-0.39, 0.29) is 17.9 Å². The molecule has 0 spiro atoms. The summed E-state index contributed by atoms with van der Waals surface area (Å²) in [7, 11) is 1.57. The number of carbonyl (C=O) groups is 2. The number of carbonyl (C=O) groups excluding carboxylic acids is 2. The van der Waals surface area contributed by atoms with E-state index in [0.717, 1.165) is 36.9 Å². The van der Waals surface area contributed by atoms with Crippen molar-refractivity contribution in [3.63, 3.8) is 0 Å². The summed E-state index contributed by atoms with van der Waals surface area (Å²) < 4.78 is 11.3. The first-order valence-electron chi connectivity index (χ1n) is 11.5. The second-order valence-corrected chi connectivity index (χ2v) is 9.46. The van der Waals surface area contributed by atoms with Crippen molar-refractivity contribution < 1.29 is 19.1 Å². The van der Waals surface area contributed by atoms with Gasteiger partial charge < -0.3 is 19.7 Å². The summed E-state index contributed by atoms with van der Waals surface area (Å²) in [4.78, 5) is 31.8. The molecular weight excluding hydrogens is 450 g/mol. The zero-order valence-corrected chi connectivity index (χ0v) is 19.8. The van der Waals surface area contributed by atoms with E-state index in [9.17, 15) is 9.59 Å². The first-order valence-corrected chi connectivity index (χ1v) is 12.4. The van der Waals surface area contributed by atoms with Crippen LogP contribution in [-0.4, -0.2) is 40.9 Å². The predicted octanol–water partition coefficient (Wildman–Crippen LogP) is 4.43. The molecule has 2 fully saturated rings. The molecule has 2 saturated carbocycles. The summed E-state index contributed by atoms with van der Waals surface area (Å²) in [5.41, 5.74) is 4.82. The fourth-order valence-corrected chi connectivity index (χ4v) is 4.30. The topological polar surface area (TPSA) is 80.8 Å². The molecule has 1 aromatic heterocycles. The molecule has 1 N–H and O–H groups in total. The third-order valence-electron chi connectivity index (χ3n) is 6.00. The van der Waals surface area contributed by atoms with E-state index < -0.39 is 0 Å². The van der Waals surface area contributed by atoms with Crippen LogP contribution in [0.3, 0.4) is 0 Å². The van der Waals surface area contributed by atoms with Gasteiger partial charge in [-0.15, -0.1) is 11.3 Å². The van der Waals surface area contributed by atoms with Gasteiger partial charge in [-0.3, -0.25) is 9.59 Å². The second-order valence-electron chi connectivity index (χ2n) is 8.74. The van der Waals surface area contributed by atoms with Crippen LogP contribution in [0.25, 0.3) is 0 Å². The van der Waals surface area contributed by atoms with Gasteiger partial charge in [0.25, 0.3) is 11.8 Å². The van der Waals surface area contributed by atoms with Crippen molar-refractivity contribution >= 4 is 23.2 Å². The Bertz CT molecular complexity index is 1160. The summed E-state index contributed by atoms with van der Waals surface area (Å²) in [6.07, 6.45) is 4.12. The highest BCUT2D eigenvalue weighted by molar-refractivity contribution is 7.07. The lowest BCUT2D eigenvalue weighted by Gasteiger charge is -2.23. The Morgan fingerprint density at radius 2 is 1.82 bits per heavy atom. The van der Waals surface area contributed by atoms with E-state index >= 15 is 0 Å². The highest BCUT2D eigenvalue weighted by Crippen LogP contribution is 2.33. The van der Waals surface area contributed by atoms with Gasteiger partial charge in [0, 0.05) is 35.1 Å². The van der Waals surface area contributed by atoms with E-state index in [1.807, 2.05) is 34.5 Å². The molecule has 0 atom stereocenters. The van der Waals surface area contributed by atoms with Gasteiger partial charge >= 0.3 is 0 Å². The third-order valence-corrected chi connectivity index (χ3v) is 6.64. The van der Waals surface area contributed by atoms with Crippen molar-refractivity contribution in [1.82, 2.24) is 15.2 Å². The fraction of sp³-hybridized carbons (Fsp3) is 0.346. The molecule has 1 heterocycles. The number of benzene rings is 2. The van der Waals surface area contributed by atoms with Crippen LogP contribution >= 0.6 is 11.3 Å². The molecule has 2 aliphatic carbocycles. The molecule has 0 saturated heterocycles. The van der Waals surface area contributed by atoms with Gasteiger partial charge in [0.2, 0.25) is 0 Å². The monoisotopic (exact) mass is 477 g/mol. The number of thiazole rings is 1. The quantitative estimate of drug-likeness (QED) is 0.467. The Morgan fingerprint density at radius 1 is 1.06 bits per heavy atom. The molecule has 2 aromatic carbocycles. The van der Waals surface area contributed by atoms with Gasteiger partial charge in [-0.1, -0.05) is 12.1 Å². The summed E-state index contributed by atoms with van der Waals surface area (Å²) in [5.74, 6) is 1.02.